The molecule has 0 aliphatic carbocycles. The van der Waals surface area contributed by atoms with Gasteiger partial charge in [0.15, 0.2) is 6.29 Å². The second kappa shape index (κ2) is 14.1. The van der Waals surface area contributed by atoms with E-state index in [2.05, 4.69) is 52.4 Å². The number of alkyl halides is 3. The molecule has 0 saturated carbocycles. The highest BCUT2D eigenvalue weighted by molar-refractivity contribution is 6.76. The van der Waals surface area contributed by atoms with E-state index in [9.17, 15) is 9.90 Å². The van der Waals surface area contributed by atoms with Gasteiger partial charge in [0.1, 0.15) is 0 Å². The standard InChI is InChI=1S/C32H36Cl3N3O4/c1-22-28(20-38-17-15-37(16-18-38)19-23-5-3-2-4-6-23)41-30(42-29(22)25-9-7-24(21-39)8-10-25)26-11-13-27(14-12-26)36-31(40)32(33,34)35/h2-14,22,28-30,39H,15-21H2,1H3,(H,36,40). The molecule has 2 N–H and O–H groups in total. The Hall–Kier alpha value is -2.20. The Balaban J connectivity index is 1.28. The molecule has 3 aromatic rings. The van der Waals surface area contributed by atoms with Crippen LogP contribution in [-0.2, 0) is 27.4 Å². The third-order valence-electron chi connectivity index (χ3n) is 7.97. The summed E-state index contributed by atoms with van der Waals surface area (Å²) in [4.78, 5) is 17.0. The van der Waals surface area contributed by atoms with Crippen molar-refractivity contribution < 1.29 is 19.4 Å². The van der Waals surface area contributed by atoms with Gasteiger partial charge in [0.05, 0.1) is 18.8 Å². The molecule has 2 aliphatic heterocycles. The summed E-state index contributed by atoms with van der Waals surface area (Å²) in [6, 6.07) is 25.7. The average Bonchev–Trinajstić information content (AvgIpc) is 3.00. The van der Waals surface area contributed by atoms with Crippen LogP contribution in [0.2, 0.25) is 0 Å². The lowest BCUT2D eigenvalue weighted by Crippen LogP contribution is -2.51. The minimum absolute atomic E-state index is 0.00681. The molecule has 2 aliphatic rings. The summed E-state index contributed by atoms with van der Waals surface area (Å²) in [6.45, 7) is 7.87. The lowest BCUT2D eigenvalue weighted by molar-refractivity contribution is -0.276. The smallest absolute Gasteiger partial charge is 0.276 e. The summed E-state index contributed by atoms with van der Waals surface area (Å²) in [7, 11) is 0. The van der Waals surface area contributed by atoms with Crippen LogP contribution in [0.4, 0.5) is 5.69 Å². The number of ether oxygens (including phenoxy) is 2. The first-order chi connectivity index (χ1) is 20.2. The van der Waals surface area contributed by atoms with E-state index in [1.165, 1.54) is 5.56 Å². The van der Waals surface area contributed by atoms with Gasteiger partial charge in [-0.05, 0) is 28.8 Å². The molecule has 5 rings (SSSR count). The van der Waals surface area contributed by atoms with Crippen molar-refractivity contribution >= 4 is 46.4 Å². The summed E-state index contributed by atoms with van der Waals surface area (Å²) in [5.41, 5.74) is 4.55. The molecular formula is C32H36Cl3N3O4. The largest absolute Gasteiger partial charge is 0.392 e. The number of hydrogen-bond donors (Lipinski definition) is 2. The number of carbonyl (C=O) groups excluding carboxylic acids is 1. The zero-order valence-corrected chi connectivity index (χ0v) is 25.7. The maximum atomic E-state index is 12.1. The van der Waals surface area contributed by atoms with Crippen LogP contribution >= 0.6 is 34.8 Å². The SMILES string of the molecule is CC1C(CN2CCN(Cc3ccccc3)CC2)OC(c2ccc(NC(=O)C(Cl)(Cl)Cl)cc2)OC1c1ccc(CO)cc1. The van der Waals surface area contributed by atoms with Crippen molar-refractivity contribution in [1.29, 1.82) is 0 Å². The molecule has 0 spiro atoms. The fourth-order valence-corrected chi connectivity index (χ4v) is 5.62. The number of rotatable bonds is 8. The van der Waals surface area contributed by atoms with Gasteiger partial charge in [0.25, 0.3) is 9.70 Å². The minimum atomic E-state index is -2.05. The second-order valence-electron chi connectivity index (χ2n) is 11.0. The van der Waals surface area contributed by atoms with E-state index in [0.717, 1.165) is 56.0 Å². The first-order valence-corrected chi connectivity index (χ1v) is 15.3. The predicted molar refractivity (Wildman–Crippen MR) is 166 cm³/mol. The minimum Gasteiger partial charge on any atom is -0.392 e. The van der Waals surface area contributed by atoms with Crippen molar-refractivity contribution in [2.75, 3.05) is 38.0 Å². The molecule has 42 heavy (non-hydrogen) atoms. The average molecular weight is 633 g/mol. The zero-order valence-electron chi connectivity index (χ0n) is 23.5. The maximum Gasteiger partial charge on any atom is 0.276 e. The fourth-order valence-electron chi connectivity index (χ4n) is 5.48. The number of nitrogens with zero attached hydrogens (tertiary/aromatic N) is 2. The predicted octanol–water partition coefficient (Wildman–Crippen LogP) is 6.10. The first kappa shape index (κ1) is 31.2. The molecule has 3 aromatic carbocycles. The van der Waals surface area contributed by atoms with Crippen LogP contribution in [0.1, 0.15) is 41.6 Å². The van der Waals surface area contributed by atoms with Crippen molar-refractivity contribution in [3.8, 4) is 0 Å². The van der Waals surface area contributed by atoms with Crippen molar-refractivity contribution in [2.45, 2.75) is 42.4 Å². The summed E-state index contributed by atoms with van der Waals surface area (Å²) in [5.74, 6) is -0.638. The third kappa shape index (κ3) is 8.04. The fraction of sp³-hybridized carbons (Fsp3) is 0.406. The molecule has 224 valence electrons. The molecule has 10 heteroatoms. The molecule has 2 fully saturated rings. The van der Waals surface area contributed by atoms with Crippen LogP contribution in [0.25, 0.3) is 0 Å². The first-order valence-electron chi connectivity index (χ1n) is 14.2. The molecule has 0 aromatic heterocycles. The van der Waals surface area contributed by atoms with Gasteiger partial charge in [-0.1, -0.05) is 108 Å². The molecule has 4 unspecified atom stereocenters. The van der Waals surface area contributed by atoms with Gasteiger partial charge < -0.3 is 19.9 Å². The summed E-state index contributed by atoms with van der Waals surface area (Å²) in [6.07, 6.45) is -0.883. The van der Waals surface area contributed by atoms with E-state index in [4.69, 9.17) is 44.3 Å². The van der Waals surface area contributed by atoms with Crippen LogP contribution in [0.3, 0.4) is 0 Å². The number of amides is 1. The lowest BCUT2D eigenvalue weighted by atomic mass is 9.90. The van der Waals surface area contributed by atoms with Crippen molar-refractivity contribution in [2.24, 2.45) is 5.92 Å². The molecule has 2 saturated heterocycles. The number of anilines is 1. The van der Waals surface area contributed by atoms with Gasteiger partial charge in [-0.2, -0.15) is 0 Å². The summed E-state index contributed by atoms with van der Waals surface area (Å²) < 4.78 is 11.1. The topological polar surface area (TPSA) is 74.3 Å². The number of carbonyl (C=O) groups is 1. The Morgan fingerprint density at radius 3 is 2.10 bits per heavy atom. The Bertz CT molecular complexity index is 1300. The number of hydrogen-bond acceptors (Lipinski definition) is 6. The zero-order chi connectivity index (χ0) is 29.7. The molecule has 1 amide bonds. The maximum absolute atomic E-state index is 12.1. The molecular weight excluding hydrogens is 597 g/mol. The van der Waals surface area contributed by atoms with Crippen LogP contribution in [0.5, 0.6) is 0 Å². The van der Waals surface area contributed by atoms with Gasteiger partial charge in [0, 0.05) is 56.4 Å². The quantitative estimate of drug-likeness (QED) is 0.293. The van der Waals surface area contributed by atoms with Crippen LogP contribution in [0.15, 0.2) is 78.9 Å². The van der Waals surface area contributed by atoms with Crippen LogP contribution in [-0.4, -0.2) is 63.4 Å². The second-order valence-corrected chi connectivity index (χ2v) is 13.2. The van der Waals surface area contributed by atoms with Gasteiger partial charge in [0.2, 0.25) is 0 Å². The number of halogens is 3. The van der Waals surface area contributed by atoms with Crippen LogP contribution < -0.4 is 5.32 Å². The molecule has 4 atom stereocenters. The van der Waals surface area contributed by atoms with E-state index in [1.807, 2.05) is 36.4 Å². The summed E-state index contributed by atoms with van der Waals surface area (Å²) >= 11 is 17.1. The van der Waals surface area contributed by atoms with E-state index in [-0.39, 0.29) is 24.7 Å². The number of piperazine rings is 1. The van der Waals surface area contributed by atoms with Gasteiger partial charge in [-0.25, -0.2) is 0 Å². The van der Waals surface area contributed by atoms with Gasteiger partial charge in [-0.15, -0.1) is 0 Å². The number of nitrogens with one attached hydrogen (secondary N) is 1. The highest BCUT2D eigenvalue weighted by atomic mass is 35.6. The van der Waals surface area contributed by atoms with Crippen molar-refractivity contribution in [3.63, 3.8) is 0 Å². The van der Waals surface area contributed by atoms with E-state index in [0.29, 0.717) is 5.69 Å². The number of aliphatic hydroxyl groups is 1. The Morgan fingerprint density at radius 2 is 1.48 bits per heavy atom. The van der Waals surface area contributed by atoms with E-state index in [1.54, 1.807) is 12.1 Å². The summed E-state index contributed by atoms with van der Waals surface area (Å²) in [5, 5.41) is 12.1. The highest BCUT2D eigenvalue weighted by Gasteiger charge is 2.39. The molecule has 0 radical (unpaired) electrons. The van der Waals surface area contributed by atoms with Crippen molar-refractivity contribution in [1.82, 2.24) is 9.80 Å². The normalized spacial score (nSPS) is 23.9. The number of aliphatic hydroxyl groups excluding tert-OH is 1. The third-order valence-corrected chi connectivity index (χ3v) is 8.49. The monoisotopic (exact) mass is 631 g/mol. The Morgan fingerprint density at radius 1 is 0.857 bits per heavy atom. The molecule has 2 heterocycles. The van der Waals surface area contributed by atoms with Gasteiger partial charge in [-0.3, -0.25) is 14.6 Å². The van der Waals surface area contributed by atoms with Gasteiger partial charge >= 0.3 is 0 Å². The van der Waals surface area contributed by atoms with Crippen LogP contribution in [0, 0.1) is 5.92 Å². The van der Waals surface area contributed by atoms with Crippen molar-refractivity contribution in [3.05, 3.63) is 101 Å². The Kier molecular flexibility index (Phi) is 10.5. The lowest BCUT2D eigenvalue weighted by Gasteiger charge is -2.44. The number of benzene rings is 3. The Labute approximate surface area is 262 Å². The van der Waals surface area contributed by atoms with E-state index >= 15 is 0 Å². The highest BCUT2D eigenvalue weighted by Crippen LogP contribution is 2.42. The molecule has 7 nitrogen and oxygen atoms in total. The molecule has 0 bridgehead atoms. The van der Waals surface area contributed by atoms with E-state index < -0.39 is 16.0 Å².